The Morgan fingerprint density at radius 2 is 1.17 bits per heavy atom. The lowest BCUT2D eigenvalue weighted by molar-refractivity contribution is -0.170. The van der Waals surface area contributed by atoms with E-state index in [-0.39, 0.29) is 22.6 Å². The van der Waals surface area contributed by atoms with E-state index in [4.69, 9.17) is 4.74 Å². The van der Waals surface area contributed by atoms with Crippen molar-refractivity contribution >= 4 is 11.8 Å². The van der Waals surface area contributed by atoms with Crippen molar-refractivity contribution in [2.45, 2.75) is 90.4 Å². The van der Waals surface area contributed by atoms with Crippen LogP contribution < -0.4 is 0 Å². The van der Waals surface area contributed by atoms with E-state index in [1.165, 1.54) is 57.8 Å². The molecule has 1 unspecified atom stereocenters. The average molecular weight is 399 g/mol. The molecule has 0 aliphatic heterocycles. The number of carbonyl (C=O) groups is 2. The summed E-state index contributed by atoms with van der Waals surface area (Å²) in [6, 6.07) is 0. The lowest BCUT2D eigenvalue weighted by Gasteiger charge is -2.59. The van der Waals surface area contributed by atoms with Crippen molar-refractivity contribution in [1.82, 2.24) is 0 Å². The van der Waals surface area contributed by atoms with E-state index in [0.29, 0.717) is 13.0 Å². The number of hydrogen-bond acceptors (Lipinski definition) is 3. The van der Waals surface area contributed by atoms with Crippen LogP contribution in [0.25, 0.3) is 0 Å². The molecule has 0 aromatic rings. The third kappa shape index (κ3) is 3.04. The summed E-state index contributed by atoms with van der Waals surface area (Å²) in [5.74, 6) is 4.46. The quantitative estimate of drug-likeness (QED) is 0.435. The highest BCUT2D eigenvalue weighted by atomic mass is 16.5. The topological polar surface area (TPSA) is 43.4 Å². The Morgan fingerprint density at radius 3 is 1.59 bits per heavy atom. The summed E-state index contributed by atoms with van der Waals surface area (Å²) in [4.78, 5) is 27.2. The molecule has 0 heterocycles. The zero-order chi connectivity index (χ0) is 19.8. The summed E-state index contributed by atoms with van der Waals surface area (Å²) in [6.07, 6.45) is 16.0. The molecule has 8 rings (SSSR count). The highest BCUT2D eigenvalue weighted by Crippen LogP contribution is 2.65. The number of Topliss-reactive ketones (excluding diaryl/α,β-unsaturated/α-hetero) is 1. The first kappa shape index (κ1) is 18.9. The van der Waals surface area contributed by atoms with Gasteiger partial charge in [-0.1, -0.05) is 0 Å². The second kappa shape index (κ2) is 6.57. The van der Waals surface area contributed by atoms with Gasteiger partial charge >= 0.3 is 5.97 Å². The fourth-order valence-electron chi connectivity index (χ4n) is 10.5. The molecular formula is C26H38O3. The van der Waals surface area contributed by atoms with E-state index in [1.54, 1.807) is 0 Å². The molecule has 1 atom stereocenters. The van der Waals surface area contributed by atoms with E-state index in [2.05, 4.69) is 0 Å². The minimum atomic E-state index is -0.469. The van der Waals surface area contributed by atoms with Gasteiger partial charge in [0.25, 0.3) is 0 Å². The molecule has 8 fully saturated rings. The first-order valence-corrected chi connectivity index (χ1v) is 12.7. The molecule has 0 aromatic heterocycles. The summed E-state index contributed by atoms with van der Waals surface area (Å²) in [6.45, 7) is 2.28. The van der Waals surface area contributed by atoms with Gasteiger partial charge in [-0.15, -0.1) is 0 Å². The van der Waals surface area contributed by atoms with E-state index in [0.717, 1.165) is 54.8 Å². The van der Waals surface area contributed by atoms with E-state index in [1.807, 2.05) is 6.92 Å². The summed E-state index contributed by atoms with van der Waals surface area (Å²) in [5, 5.41) is 0. The molecule has 8 saturated carbocycles. The number of carbonyl (C=O) groups excluding carboxylic acids is 2. The lowest BCUT2D eigenvalue weighted by Crippen LogP contribution is -2.55. The standard InChI is InChI=1S/C26H38O3/c1-2-29-24(28)23(26-12-19-6-20(13-26)8-21(7-19)14-26)22(27)15-25-9-16-3-17(10-25)5-18(4-16)11-25/h16-21,23H,2-15H2,1H3. The number of rotatable bonds is 6. The van der Waals surface area contributed by atoms with Crippen molar-refractivity contribution in [3.8, 4) is 0 Å². The zero-order valence-corrected chi connectivity index (χ0v) is 18.2. The SMILES string of the molecule is CCOC(=O)C(C(=O)CC12CC3CC(CC(C3)C1)C2)C12CC3CC(CC(C3)C1)C2. The van der Waals surface area contributed by atoms with Crippen molar-refractivity contribution in [2.24, 2.45) is 52.3 Å². The van der Waals surface area contributed by atoms with Crippen LogP contribution >= 0.6 is 0 Å². The van der Waals surface area contributed by atoms with Crippen molar-refractivity contribution in [3.63, 3.8) is 0 Å². The van der Waals surface area contributed by atoms with Crippen LogP contribution in [0.3, 0.4) is 0 Å². The van der Waals surface area contributed by atoms with E-state index < -0.39 is 5.92 Å². The molecule has 3 heteroatoms. The van der Waals surface area contributed by atoms with Gasteiger partial charge in [-0.25, -0.2) is 0 Å². The molecule has 0 N–H and O–H groups in total. The van der Waals surface area contributed by atoms with Gasteiger partial charge in [0.1, 0.15) is 11.7 Å². The van der Waals surface area contributed by atoms with Crippen LogP contribution in [-0.4, -0.2) is 18.4 Å². The number of ketones is 1. The molecule has 0 aromatic carbocycles. The van der Waals surface area contributed by atoms with Crippen molar-refractivity contribution in [2.75, 3.05) is 6.61 Å². The Kier molecular flexibility index (Phi) is 4.27. The summed E-state index contributed by atoms with van der Waals surface area (Å²) < 4.78 is 5.58. The van der Waals surface area contributed by atoms with Crippen molar-refractivity contribution in [3.05, 3.63) is 0 Å². The van der Waals surface area contributed by atoms with Crippen molar-refractivity contribution < 1.29 is 14.3 Å². The van der Waals surface area contributed by atoms with Crippen LogP contribution in [-0.2, 0) is 14.3 Å². The Labute approximate surface area is 175 Å². The maximum Gasteiger partial charge on any atom is 0.317 e. The molecule has 0 amide bonds. The van der Waals surface area contributed by atoms with Crippen LogP contribution in [0.4, 0.5) is 0 Å². The minimum Gasteiger partial charge on any atom is -0.465 e. The fourth-order valence-corrected chi connectivity index (χ4v) is 10.5. The minimum absolute atomic E-state index is 0.0691. The fraction of sp³-hybridized carbons (Fsp3) is 0.923. The second-order valence-corrected chi connectivity index (χ2v) is 12.5. The predicted octanol–water partition coefficient (Wildman–Crippen LogP) is 5.56. The normalized spacial score (nSPS) is 50.0. The Hall–Kier alpha value is -0.860. The molecule has 3 nitrogen and oxygen atoms in total. The van der Waals surface area contributed by atoms with Gasteiger partial charge in [-0.2, -0.15) is 0 Å². The van der Waals surface area contributed by atoms with Crippen LogP contribution in [0.2, 0.25) is 0 Å². The smallest absolute Gasteiger partial charge is 0.317 e. The first-order chi connectivity index (χ1) is 14.0. The van der Waals surface area contributed by atoms with Gasteiger partial charge in [-0.3, -0.25) is 9.59 Å². The van der Waals surface area contributed by atoms with Gasteiger partial charge in [0.15, 0.2) is 0 Å². The van der Waals surface area contributed by atoms with E-state index >= 15 is 0 Å². The van der Waals surface area contributed by atoms with Gasteiger partial charge < -0.3 is 4.74 Å². The third-order valence-electron chi connectivity index (χ3n) is 10.3. The molecular weight excluding hydrogens is 360 g/mol. The predicted molar refractivity (Wildman–Crippen MR) is 111 cm³/mol. The Morgan fingerprint density at radius 1 is 0.759 bits per heavy atom. The van der Waals surface area contributed by atoms with Crippen LogP contribution in [0.15, 0.2) is 0 Å². The molecule has 29 heavy (non-hydrogen) atoms. The van der Waals surface area contributed by atoms with Gasteiger partial charge in [-0.05, 0) is 130 Å². The van der Waals surface area contributed by atoms with Crippen molar-refractivity contribution in [1.29, 1.82) is 0 Å². The van der Waals surface area contributed by atoms with E-state index in [9.17, 15) is 9.59 Å². The molecule has 0 radical (unpaired) electrons. The number of esters is 1. The molecule has 8 aliphatic carbocycles. The Bertz CT molecular complexity index is 636. The van der Waals surface area contributed by atoms with Gasteiger partial charge in [0.2, 0.25) is 0 Å². The highest BCUT2D eigenvalue weighted by Gasteiger charge is 2.60. The highest BCUT2D eigenvalue weighted by molar-refractivity contribution is 6.00. The van der Waals surface area contributed by atoms with Crippen LogP contribution in [0.1, 0.15) is 90.4 Å². The first-order valence-electron chi connectivity index (χ1n) is 12.7. The summed E-state index contributed by atoms with van der Waals surface area (Å²) >= 11 is 0. The largest absolute Gasteiger partial charge is 0.465 e. The molecule has 0 spiro atoms. The average Bonchev–Trinajstić information content (AvgIpc) is 2.58. The molecule has 160 valence electrons. The summed E-state index contributed by atoms with van der Waals surface area (Å²) in [7, 11) is 0. The maximum absolute atomic E-state index is 14.0. The lowest BCUT2D eigenvalue weighted by atomic mass is 9.44. The van der Waals surface area contributed by atoms with Gasteiger partial charge in [0, 0.05) is 6.42 Å². The second-order valence-electron chi connectivity index (χ2n) is 12.5. The molecule has 0 saturated heterocycles. The monoisotopic (exact) mass is 398 g/mol. The van der Waals surface area contributed by atoms with Gasteiger partial charge in [0.05, 0.1) is 6.61 Å². The third-order valence-corrected chi connectivity index (χ3v) is 10.3. The zero-order valence-electron chi connectivity index (χ0n) is 18.2. The van der Waals surface area contributed by atoms with Crippen LogP contribution in [0, 0.1) is 52.3 Å². The Balaban J connectivity index is 1.28. The number of ether oxygens (including phenoxy) is 1. The maximum atomic E-state index is 14.0. The van der Waals surface area contributed by atoms with Crippen LogP contribution in [0.5, 0.6) is 0 Å². The number of hydrogen-bond donors (Lipinski definition) is 0. The molecule has 8 bridgehead atoms. The molecule has 8 aliphatic rings. The summed E-state index contributed by atoms with van der Waals surface area (Å²) in [5.41, 5.74) is 0.152.